The molecule has 1 fully saturated rings. The van der Waals surface area contributed by atoms with Gasteiger partial charge < -0.3 is 10.1 Å². The predicted octanol–water partition coefficient (Wildman–Crippen LogP) is 3.70. The highest BCUT2D eigenvalue weighted by Gasteiger charge is 2.18. The molecule has 21 heavy (non-hydrogen) atoms. The van der Waals surface area contributed by atoms with E-state index >= 15 is 0 Å². The van der Waals surface area contributed by atoms with Crippen LogP contribution in [-0.2, 0) is 0 Å². The zero-order valence-corrected chi connectivity index (χ0v) is 12.6. The van der Waals surface area contributed by atoms with Crippen molar-refractivity contribution in [1.82, 2.24) is 15.3 Å². The minimum Gasteiger partial charge on any atom is -0.439 e. The lowest BCUT2D eigenvalue weighted by Gasteiger charge is -2.22. The van der Waals surface area contributed by atoms with Crippen molar-refractivity contribution in [1.29, 1.82) is 0 Å². The SMILES string of the molecule is Cc1ccc(Oc2cc(C)nc(C3CCCCN3)n2)cc1. The Morgan fingerprint density at radius 1 is 1.10 bits per heavy atom. The van der Waals surface area contributed by atoms with Crippen LogP contribution in [0.5, 0.6) is 11.6 Å². The molecular formula is C17H21N3O. The molecule has 0 aliphatic carbocycles. The van der Waals surface area contributed by atoms with Gasteiger partial charge in [0.05, 0.1) is 6.04 Å². The number of nitrogens with zero attached hydrogens (tertiary/aromatic N) is 2. The third-order valence-electron chi connectivity index (χ3n) is 3.71. The van der Waals surface area contributed by atoms with E-state index in [4.69, 9.17) is 4.74 Å². The number of ether oxygens (including phenoxy) is 1. The molecule has 1 atom stereocenters. The second-order valence-electron chi connectivity index (χ2n) is 5.62. The zero-order valence-electron chi connectivity index (χ0n) is 12.6. The maximum atomic E-state index is 5.87. The number of nitrogens with one attached hydrogen (secondary N) is 1. The van der Waals surface area contributed by atoms with Crippen molar-refractivity contribution in [3.8, 4) is 11.6 Å². The number of piperidine rings is 1. The van der Waals surface area contributed by atoms with Crippen molar-refractivity contribution < 1.29 is 4.74 Å². The third-order valence-corrected chi connectivity index (χ3v) is 3.71. The second kappa shape index (κ2) is 6.22. The van der Waals surface area contributed by atoms with Crippen molar-refractivity contribution in [2.24, 2.45) is 0 Å². The van der Waals surface area contributed by atoms with Gasteiger partial charge in [0.1, 0.15) is 11.6 Å². The summed E-state index contributed by atoms with van der Waals surface area (Å²) in [4.78, 5) is 9.14. The van der Waals surface area contributed by atoms with Crippen LogP contribution in [0.4, 0.5) is 0 Å². The molecule has 3 rings (SSSR count). The van der Waals surface area contributed by atoms with Gasteiger partial charge in [0, 0.05) is 11.8 Å². The van der Waals surface area contributed by atoms with Crippen LogP contribution in [0.2, 0.25) is 0 Å². The molecule has 1 aliphatic heterocycles. The first-order chi connectivity index (χ1) is 10.2. The molecule has 1 unspecified atom stereocenters. The molecule has 0 radical (unpaired) electrons. The van der Waals surface area contributed by atoms with E-state index in [0.717, 1.165) is 30.2 Å². The molecule has 0 spiro atoms. The average Bonchev–Trinajstić information content (AvgIpc) is 2.50. The second-order valence-corrected chi connectivity index (χ2v) is 5.62. The largest absolute Gasteiger partial charge is 0.439 e. The van der Waals surface area contributed by atoms with Crippen LogP contribution in [0.1, 0.15) is 42.4 Å². The van der Waals surface area contributed by atoms with E-state index in [1.807, 2.05) is 37.3 Å². The standard InChI is InChI=1S/C17H21N3O/c1-12-6-8-14(9-7-12)21-16-11-13(2)19-17(20-16)15-5-3-4-10-18-15/h6-9,11,15,18H,3-5,10H2,1-2H3. The molecule has 1 saturated heterocycles. The van der Waals surface area contributed by atoms with Crippen molar-refractivity contribution >= 4 is 0 Å². The Morgan fingerprint density at radius 3 is 2.62 bits per heavy atom. The van der Waals surface area contributed by atoms with Crippen molar-refractivity contribution in [3.05, 3.63) is 47.4 Å². The van der Waals surface area contributed by atoms with Gasteiger partial charge in [-0.2, -0.15) is 4.98 Å². The Morgan fingerprint density at radius 2 is 1.90 bits per heavy atom. The molecule has 1 aromatic carbocycles. The first-order valence-electron chi connectivity index (χ1n) is 7.54. The van der Waals surface area contributed by atoms with Gasteiger partial charge in [-0.3, -0.25) is 0 Å². The van der Waals surface area contributed by atoms with Crippen LogP contribution >= 0.6 is 0 Å². The smallest absolute Gasteiger partial charge is 0.222 e. The molecule has 1 aromatic heterocycles. The van der Waals surface area contributed by atoms with Crippen LogP contribution in [0, 0.1) is 13.8 Å². The Kier molecular flexibility index (Phi) is 4.15. The van der Waals surface area contributed by atoms with Gasteiger partial charge >= 0.3 is 0 Å². The van der Waals surface area contributed by atoms with Crippen LogP contribution in [0.3, 0.4) is 0 Å². The highest BCUT2D eigenvalue weighted by molar-refractivity contribution is 5.30. The predicted molar refractivity (Wildman–Crippen MR) is 82.6 cm³/mol. The van der Waals surface area contributed by atoms with E-state index in [1.54, 1.807) is 0 Å². The zero-order chi connectivity index (χ0) is 14.7. The normalized spacial score (nSPS) is 18.5. The monoisotopic (exact) mass is 283 g/mol. The summed E-state index contributed by atoms with van der Waals surface area (Å²) in [5.41, 5.74) is 2.16. The van der Waals surface area contributed by atoms with Gasteiger partial charge in [0.2, 0.25) is 5.88 Å². The van der Waals surface area contributed by atoms with E-state index < -0.39 is 0 Å². The summed E-state index contributed by atoms with van der Waals surface area (Å²) < 4.78 is 5.87. The van der Waals surface area contributed by atoms with Gasteiger partial charge in [-0.15, -0.1) is 0 Å². The van der Waals surface area contributed by atoms with Crippen LogP contribution in [0.25, 0.3) is 0 Å². The Hall–Kier alpha value is -1.94. The molecule has 2 aromatic rings. The fraction of sp³-hybridized carbons (Fsp3) is 0.412. The quantitative estimate of drug-likeness (QED) is 0.933. The first kappa shape index (κ1) is 14.0. The van der Waals surface area contributed by atoms with Gasteiger partial charge in [0.25, 0.3) is 0 Å². The number of benzene rings is 1. The van der Waals surface area contributed by atoms with Gasteiger partial charge in [-0.25, -0.2) is 4.98 Å². The van der Waals surface area contributed by atoms with Gasteiger partial charge in [-0.05, 0) is 45.4 Å². The van der Waals surface area contributed by atoms with Gasteiger partial charge in [-0.1, -0.05) is 24.1 Å². The third kappa shape index (κ3) is 3.58. The highest BCUT2D eigenvalue weighted by Crippen LogP contribution is 2.25. The summed E-state index contributed by atoms with van der Waals surface area (Å²) >= 11 is 0. The number of rotatable bonds is 3. The molecule has 0 saturated carbocycles. The number of aryl methyl sites for hydroxylation is 2. The van der Waals surface area contributed by atoms with E-state index in [9.17, 15) is 0 Å². The molecule has 1 N–H and O–H groups in total. The average molecular weight is 283 g/mol. The van der Waals surface area contributed by atoms with E-state index in [2.05, 4.69) is 22.2 Å². The molecule has 0 bridgehead atoms. The van der Waals surface area contributed by atoms with Crippen LogP contribution in [0.15, 0.2) is 30.3 Å². The minimum atomic E-state index is 0.249. The van der Waals surface area contributed by atoms with E-state index in [-0.39, 0.29) is 6.04 Å². The summed E-state index contributed by atoms with van der Waals surface area (Å²) in [7, 11) is 0. The fourth-order valence-electron chi connectivity index (χ4n) is 2.57. The Bertz CT molecular complexity index is 604. The minimum absolute atomic E-state index is 0.249. The molecule has 4 nitrogen and oxygen atoms in total. The lowest BCUT2D eigenvalue weighted by molar-refractivity contribution is 0.387. The lowest BCUT2D eigenvalue weighted by atomic mass is 10.0. The summed E-state index contributed by atoms with van der Waals surface area (Å²) in [6.45, 7) is 5.08. The van der Waals surface area contributed by atoms with Crippen molar-refractivity contribution in [2.75, 3.05) is 6.54 Å². The molecule has 2 heterocycles. The molecule has 4 heteroatoms. The molecule has 110 valence electrons. The van der Waals surface area contributed by atoms with Crippen molar-refractivity contribution in [2.45, 2.75) is 39.2 Å². The van der Waals surface area contributed by atoms with E-state index in [0.29, 0.717) is 5.88 Å². The number of hydrogen-bond acceptors (Lipinski definition) is 4. The Labute approximate surface area is 125 Å². The summed E-state index contributed by atoms with van der Waals surface area (Å²) in [5, 5.41) is 3.48. The maximum absolute atomic E-state index is 5.87. The number of hydrogen-bond donors (Lipinski definition) is 1. The molecule has 1 aliphatic rings. The maximum Gasteiger partial charge on any atom is 0.222 e. The first-order valence-corrected chi connectivity index (χ1v) is 7.54. The van der Waals surface area contributed by atoms with Crippen LogP contribution in [-0.4, -0.2) is 16.5 Å². The summed E-state index contributed by atoms with van der Waals surface area (Å²) in [6, 6.07) is 10.1. The van der Waals surface area contributed by atoms with Crippen LogP contribution < -0.4 is 10.1 Å². The van der Waals surface area contributed by atoms with Crippen molar-refractivity contribution in [3.63, 3.8) is 0 Å². The number of aromatic nitrogens is 2. The molecular weight excluding hydrogens is 262 g/mol. The van der Waals surface area contributed by atoms with Gasteiger partial charge in [0.15, 0.2) is 0 Å². The summed E-state index contributed by atoms with van der Waals surface area (Å²) in [6.07, 6.45) is 3.55. The Balaban J connectivity index is 1.81. The lowest BCUT2D eigenvalue weighted by Crippen LogP contribution is -2.28. The topological polar surface area (TPSA) is 47.0 Å². The van der Waals surface area contributed by atoms with E-state index in [1.165, 1.54) is 18.4 Å². The fourth-order valence-corrected chi connectivity index (χ4v) is 2.57. The molecule has 0 amide bonds. The highest BCUT2D eigenvalue weighted by atomic mass is 16.5. The summed E-state index contributed by atoms with van der Waals surface area (Å²) in [5.74, 6) is 2.27.